The summed E-state index contributed by atoms with van der Waals surface area (Å²) < 4.78 is 23.8. The van der Waals surface area contributed by atoms with Crippen LogP contribution in [0.5, 0.6) is 11.5 Å². The lowest BCUT2D eigenvalue weighted by Gasteiger charge is -2.16. The van der Waals surface area contributed by atoms with Crippen molar-refractivity contribution >= 4 is 15.9 Å². The molecule has 2 aromatic rings. The first-order valence-electron chi connectivity index (χ1n) is 5.77. The molecule has 19 heavy (non-hydrogen) atoms. The van der Waals surface area contributed by atoms with Crippen LogP contribution in [0.25, 0.3) is 0 Å². The molecule has 0 bridgehead atoms. The standard InChI is InChI=1S/C15H14BrFO2/c1-18-12-6-7-14(19-2)13(9-12)15(16)10-4-3-5-11(17)8-10/h3-9,15H,1-2H3. The number of halogens is 2. The van der Waals surface area contributed by atoms with Gasteiger partial charge in [0.1, 0.15) is 17.3 Å². The number of ether oxygens (including phenoxy) is 2. The fraction of sp³-hybridized carbons (Fsp3) is 0.200. The average molecular weight is 325 g/mol. The number of methoxy groups -OCH3 is 2. The fourth-order valence-corrected chi connectivity index (χ4v) is 2.52. The molecule has 0 amide bonds. The van der Waals surface area contributed by atoms with Crippen molar-refractivity contribution in [1.29, 1.82) is 0 Å². The van der Waals surface area contributed by atoms with Gasteiger partial charge in [-0.1, -0.05) is 28.1 Å². The van der Waals surface area contributed by atoms with E-state index >= 15 is 0 Å². The molecule has 2 aromatic carbocycles. The lowest BCUT2D eigenvalue weighted by molar-refractivity contribution is 0.399. The zero-order valence-electron chi connectivity index (χ0n) is 10.7. The predicted molar refractivity (Wildman–Crippen MR) is 76.7 cm³/mol. The maximum atomic E-state index is 13.3. The van der Waals surface area contributed by atoms with Gasteiger partial charge in [-0.3, -0.25) is 0 Å². The third kappa shape index (κ3) is 3.07. The highest BCUT2D eigenvalue weighted by Crippen LogP contribution is 2.38. The molecule has 0 aliphatic rings. The second-order valence-corrected chi connectivity index (χ2v) is 4.94. The van der Waals surface area contributed by atoms with E-state index in [1.54, 1.807) is 20.3 Å². The van der Waals surface area contributed by atoms with Gasteiger partial charge in [-0.05, 0) is 35.9 Å². The van der Waals surface area contributed by atoms with E-state index in [2.05, 4.69) is 15.9 Å². The summed E-state index contributed by atoms with van der Waals surface area (Å²) >= 11 is 3.58. The molecule has 100 valence electrons. The quantitative estimate of drug-likeness (QED) is 0.779. The Balaban J connectivity index is 2.44. The van der Waals surface area contributed by atoms with Gasteiger partial charge in [-0.25, -0.2) is 4.39 Å². The number of hydrogen-bond donors (Lipinski definition) is 0. The highest BCUT2D eigenvalue weighted by molar-refractivity contribution is 9.09. The van der Waals surface area contributed by atoms with E-state index in [0.29, 0.717) is 0 Å². The average Bonchev–Trinajstić information content (AvgIpc) is 2.45. The summed E-state index contributed by atoms with van der Waals surface area (Å²) in [6.45, 7) is 0. The highest BCUT2D eigenvalue weighted by Gasteiger charge is 2.16. The molecule has 1 atom stereocenters. The molecule has 0 aromatic heterocycles. The minimum atomic E-state index is -0.260. The Morgan fingerprint density at radius 2 is 1.84 bits per heavy atom. The third-order valence-electron chi connectivity index (χ3n) is 2.85. The van der Waals surface area contributed by atoms with Gasteiger partial charge in [0.15, 0.2) is 0 Å². The van der Waals surface area contributed by atoms with Gasteiger partial charge in [0.25, 0.3) is 0 Å². The van der Waals surface area contributed by atoms with Crippen molar-refractivity contribution in [3.63, 3.8) is 0 Å². The van der Waals surface area contributed by atoms with Gasteiger partial charge in [0.2, 0.25) is 0 Å². The third-order valence-corrected chi connectivity index (χ3v) is 3.87. The monoisotopic (exact) mass is 324 g/mol. The first kappa shape index (κ1) is 13.9. The predicted octanol–water partition coefficient (Wildman–Crippen LogP) is 4.33. The molecule has 1 unspecified atom stereocenters. The minimum Gasteiger partial charge on any atom is -0.497 e. The van der Waals surface area contributed by atoms with Crippen LogP contribution in [0.2, 0.25) is 0 Å². The molecule has 0 N–H and O–H groups in total. The molecular weight excluding hydrogens is 311 g/mol. The second kappa shape index (κ2) is 6.06. The summed E-state index contributed by atoms with van der Waals surface area (Å²) in [5.41, 5.74) is 1.72. The fourth-order valence-electron chi connectivity index (χ4n) is 1.88. The van der Waals surface area contributed by atoms with E-state index in [9.17, 15) is 4.39 Å². The largest absolute Gasteiger partial charge is 0.497 e. The maximum absolute atomic E-state index is 13.3. The van der Waals surface area contributed by atoms with E-state index in [0.717, 1.165) is 22.6 Å². The van der Waals surface area contributed by atoms with E-state index in [-0.39, 0.29) is 10.6 Å². The van der Waals surface area contributed by atoms with Crippen LogP contribution in [0, 0.1) is 5.82 Å². The Morgan fingerprint density at radius 3 is 2.47 bits per heavy atom. The maximum Gasteiger partial charge on any atom is 0.123 e. The molecule has 0 saturated heterocycles. The van der Waals surface area contributed by atoms with Gasteiger partial charge in [-0.2, -0.15) is 0 Å². The van der Waals surface area contributed by atoms with Crippen molar-refractivity contribution in [2.24, 2.45) is 0 Å². The van der Waals surface area contributed by atoms with Gasteiger partial charge in [0, 0.05) is 5.56 Å². The number of alkyl halides is 1. The Kier molecular flexibility index (Phi) is 4.43. The summed E-state index contributed by atoms with van der Waals surface area (Å²) in [7, 11) is 3.22. The van der Waals surface area contributed by atoms with Crippen LogP contribution < -0.4 is 9.47 Å². The van der Waals surface area contributed by atoms with Gasteiger partial charge < -0.3 is 9.47 Å². The molecule has 0 aliphatic carbocycles. The SMILES string of the molecule is COc1ccc(OC)c(C(Br)c2cccc(F)c2)c1. The van der Waals surface area contributed by atoms with Crippen LogP contribution in [0.4, 0.5) is 4.39 Å². The van der Waals surface area contributed by atoms with Crippen molar-refractivity contribution in [2.75, 3.05) is 14.2 Å². The van der Waals surface area contributed by atoms with Crippen molar-refractivity contribution in [3.8, 4) is 11.5 Å². The number of rotatable bonds is 4. The minimum absolute atomic E-state index is 0.159. The normalized spacial score (nSPS) is 12.0. The van der Waals surface area contributed by atoms with Crippen molar-refractivity contribution < 1.29 is 13.9 Å². The summed E-state index contributed by atoms with van der Waals surface area (Å²) in [6.07, 6.45) is 0. The topological polar surface area (TPSA) is 18.5 Å². The lowest BCUT2D eigenvalue weighted by Crippen LogP contribution is -1.98. The molecule has 0 heterocycles. The van der Waals surface area contributed by atoms with E-state index in [1.807, 2.05) is 24.3 Å². The molecule has 0 aliphatic heterocycles. The summed E-state index contributed by atoms with van der Waals surface area (Å²) in [4.78, 5) is -0.159. The van der Waals surface area contributed by atoms with Gasteiger partial charge >= 0.3 is 0 Å². The molecule has 0 saturated carbocycles. The zero-order chi connectivity index (χ0) is 13.8. The van der Waals surface area contributed by atoms with Crippen LogP contribution in [-0.4, -0.2) is 14.2 Å². The molecule has 0 fully saturated rings. The van der Waals surface area contributed by atoms with Gasteiger partial charge in [0.05, 0.1) is 19.0 Å². The van der Waals surface area contributed by atoms with Crippen LogP contribution in [0.15, 0.2) is 42.5 Å². The molecular formula is C15H14BrFO2. The lowest BCUT2D eigenvalue weighted by atomic mass is 10.0. The van der Waals surface area contributed by atoms with Crippen molar-refractivity contribution in [1.82, 2.24) is 0 Å². The smallest absolute Gasteiger partial charge is 0.123 e. The van der Waals surface area contributed by atoms with Crippen LogP contribution in [0.1, 0.15) is 16.0 Å². The van der Waals surface area contributed by atoms with E-state index < -0.39 is 0 Å². The van der Waals surface area contributed by atoms with Crippen molar-refractivity contribution in [2.45, 2.75) is 4.83 Å². The summed E-state index contributed by atoms with van der Waals surface area (Å²) in [5.74, 6) is 1.20. The Morgan fingerprint density at radius 1 is 1.05 bits per heavy atom. The Bertz CT molecular complexity index is 572. The zero-order valence-corrected chi connectivity index (χ0v) is 12.3. The molecule has 0 spiro atoms. The van der Waals surface area contributed by atoms with Crippen molar-refractivity contribution in [3.05, 3.63) is 59.4 Å². The van der Waals surface area contributed by atoms with E-state index in [4.69, 9.17) is 9.47 Å². The Hall–Kier alpha value is -1.55. The van der Waals surface area contributed by atoms with Crippen LogP contribution in [-0.2, 0) is 0 Å². The van der Waals surface area contributed by atoms with Gasteiger partial charge in [-0.15, -0.1) is 0 Å². The number of hydrogen-bond acceptors (Lipinski definition) is 2. The molecule has 4 heteroatoms. The highest BCUT2D eigenvalue weighted by atomic mass is 79.9. The summed E-state index contributed by atoms with van der Waals surface area (Å²) in [6, 6.07) is 12.0. The number of benzene rings is 2. The first-order chi connectivity index (χ1) is 9.15. The van der Waals surface area contributed by atoms with Crippen LogP contribution >= 0.6 is 15.9 Å². The first-order valence-corrected chi connectivity index (χ1v) is 6.68. The second-order valence-electron chi connectivity index (χ2n) is 4.03. The summed E-state index contributed by atoms with van der Waals surface area (Å²) in [5, 5.41) is 0. The molecule has 2 nitrogen and oxygen atoms in total. The van der Waals surface area contributed by atoms with Crippen LogP contribution in [0.3, 0.4) is 0 Å². The Labute approximate surface area is 120 Å². The molecule has 0 radical (unpaired) electrons. The molecule has 2 rings (SSSR count). The van der Waals surface area contributed by atoms with E-state index in [1.165, 1.54) is 12.1 Å².